The van der Waals surface area contributed by atoms with Gasteiger partial charge in [0.05, 0.1) is 6.26 Å². The van der Waals surface area contributed by atoms with Crippen LogP contribution in [-0.2, 0) is 7.05 Å². The van der Waals surface area contributed by atoms with Gasteiger partial charge in [0.1, 0.15) is 0 Å². The van der Waals surface area contributed by atoms with Crippen LogP contribution < -0.4 is 10.6 Å². The zero-order valence-electron chi connectivity index (χ0n) is 15.4. The normalized spacial score (nSPS) is 10.5. The van der Waals surface area contributed by atoms with Crippen LogP contribution in [-0.4, -0.2) is 32.0 Å². The molecule has 9 nitrogen and oxygen atoms in total. The third-order valence-corrected chi connectivity index (χ3v) is 4.15. The first-order valence-corrected chi connectivity index (χ1v) is 8.69. The summed E-state index contributed by atoms with van der Waals surface area (Å²) in [4.78, 5) is 24.5. The molecule has 2 heterocycles. The maximum atomic E-state index is 12.5. The van der Waals surface area contributed by atoms with Gasteiger partial charge in [-0.05, 0) is 59.0 Å². The Morgan fingerprint density at radius 1 is 0.931 bits per heavy atom. The van der Waals surface area contributed by atoms with Gasteiger partial charge >= 0.3 is 0 Å². The van der Waals surface area contributed by atoms with Crippen molar-refractivity contribution in [1.29, 1.82) is 0 Å². The van der Waals surface area contributed by atoms with Gasteiger partial charge in [-0.15, -0.1) is 5.10 Å². The van der Waals surface area contributed by atoms with Crippen molar-refractivity contribution in [3.8, 4) is 11.4 Å². The van der Waals surface area contributed by atoms with E-state index in [1.165, 1.54) is 6.26 Å². The van der Waals surface area contributed by atoms with Crippen molar-refractivity contribution in [3.05, 3.63) is 78.3 Å². The quantitative estimate of drug-likeness (QED) is 0.543. The lowest BCUT2D eigenvalue weighted by Crippen LogP contribution is -2.13. The monoisotopic (exact) mass is 388 g/mol. The molecule has 29 heavy (non-hydrogen) atoms. The maximum absolute atomic E-state index is 12.5. The number of carbonyl (C=O) groups excluding carboxylic acids is 2. The van der Waals surface area contributed by atoms with Crippen LogP contribution in [0.3, 0.4) is 0 Å². The number of furan rings is 1. The summed E-state index contributed by atoms with van der Waals surface area (Å²) >= 11 is 0. The molecule has 0 saturated heterocycles. The Balaban J connectivity index is 1.44. The van der Waals surface area contributed by atoms with E-state index in [2.05, 4.69) is 26.2 Å². The molecule has 0 aliphatic heterocycles. The molecule has 9 heteroatoms. The van der Waals surface area contributed by atoms with Crippen LogP contribution in [0.25, 0.3) is 11.4 Å². The van der Waals surface area contributed by atoms with Gasteiger partial charge in [0.15, 0.2) is 11.6 Å². The van der Waals surface area contributed by atoms with E-state index in [-0.39, 0.29) is 17.6 Å². The Hall–Kier alpha value is -4.27. The number of carbonyl (C=O) groups is 2. The molecule has 2 aromatic heterocycles. The molecular weight excluding hydrogens is 372 g/mol. The summed E-state index contributed by atoms with van der Waals surface area (Å²) in [5.74, 6) is 0.173. The highest BCUT2D eigenvalue weighted by atomic mass is 16.3. The molecule has 0 aliphatic rings. The number of aromatic nitrogens is 4. The molecule has 4 rings (SSSR count). The van der Waals surface area contributed by atoms with Crippen LogP contribution in [0.2, 0.25) is 0 Å². The molecule has 0 bridgehead atoms. The highest BCUT2D eigenvalue weighted by molar-refractivity contribution is 6.05. The molecule has 0 spiro atoms. The first kappa shape index (κ1) is 18.1. The van der Waals surface area contributed by atoms with Gasteiger partial charge in [0.25, 0.3) is 11.8 Å². The lowest BCUT2D eigenvalue weighted by atomic mass is 10.1. The average molecular weight is 388 g/mol. The van der Waals surface area contributed by atoms with Crippen LogP contribution in [0.15, 0.2) is 71.3 Å². The summed E-state index contributed by atoms with van der Waals surface area (Å²) in [6.07, 6.45) is 1.43. The Bertz CT molecular complexity index is 1150. The first-order valence-electron chi connectivity index (χ1n) is 8.69. The predicted octanol–water partition coefficient (Wildman–Crippen LogP) is 2.97. The number of anilines is 2. The highest BCUT2D eigenvalue weighted by Gasteiger charge is 2.11. The first-order chi connectivity index (χ1) is 14.1. The van der Waals surface area contributed by atoms with E-state index in [0.717, 1.165) is 5.56 Å². The van der Waals surface area contributed by atoms with E-state index in [1.54, 1.807) is 60.3 Å². The van der Waals surface area contributed by atoms with Crippen molar-refractivity contribution in [1.82, 2.24) is 20.2 Å². The van der Waals surface area contributed by atoms with Gasteiger partial charge < -0.3 is 15.1 Å². The minimum atomic E-state index is -0.359. The topological polar surface area (TPSA) is 115 Å². The van der Waals surface area contributed by atoms with Crippen LogP contribution in [0.1, 0.15) is 20.9 Å². The number of tetrazole rings is 1. The van der Waals surface area contributed by atoms with E-state index < -0.39 is 0 Å². The summed E-state index contributed by atoms with van der Waals surface area (Å²) in [5, 5.41) is 16.9. The number of hydrogen-bond donors (Lipinski definition) is 2. The van der Waals surface area contributed by atoms with Gasteiger partial charge in [0, 0.05) is 29.5 Å². The number of benzene rings is 2. The molecule has 0 saturated carbocycles. The fourth-order valence-corrected chi connectivity index (χ4v) is 2.72. The van der Waals surface area contributed by atoms with Gasteiger partial charge in [0.2, 0.25) is 0 Å². The molecule has 144 valence electrons. The minimum absolute atomic E-state index is 0.213. The Kier molecular flexibility index (Phi) is 4.85. The largest absolute Gasteiger partial charge is 0.459 e. The lowest BCUT2D eigenvalue weighted by molar-refractivity contribution is 0.0995. The summed E-state index contributed by atoms with van der Waals surface area (Å²) in [5.41, 5.74) is 2.41. The molecule has 0 fully saturated rings. The fraction of sp³-hybridized carbons (Fsp3) is 0.0500. The molecule has 2 aromatic carbocycles. The third-order valence-electron chi connectivity index (χ3n) is 4.15. The van der Waals surface area contributed by atoms with Crippen molar-refractivity contribution < 1.29 is 14.0 Å². The van der Waals surface area contributed by atoms with E-state index in [4.69, 9.17) is 4.42 Å². The Morgan fingerprint density at radius 2 is 1.72 bits per heavy atom. The summed E-state index contributed by atoms with van der Waals surface area (Å²) in [6, 6.07) is 17.0. The molecule has 0 aliphatic carbocycles. The Morgan fingerprint density at radius 3 is 2.41 bits per heavy atom. The van der Waals surface area contributed by atoms with Gasteiger partial charge in [-0.25, -0.2) is 4.68 Å². The van der Waals surface area contributed by atoms with Crippen molar-refractivity contribution in [2.24, 2.45) is 7.05 Å². The maximum Gasteiger partial charge on any atom is 0.291 e. The minimum Gasteiger partial charge on any atom is -0.459 e. The molecule has 0 unspecified atom stereocenters. The number of nitrogens with zero attached hydrogens (tertiary/aromatic N) is 4. The second-order valence-electron chi connectivity index (χ2n) is 6.17. The SMILES string of the molecule is Cn1nnnc1-c1cccc(NC(=O)c2ccc(NC(=O)c3ccco3)cc2)c1. The summed E-state index contributed by atoms with van der Waals surface area (Å²) in [7, 11) is 1.74. The molecule has 0 atom stereocenters. The van der Waals surface area contributed by atoms with Gasteiger partial charge in [-0.3, -0.25) is 9.59 Å². The van der Waals surface area contributed by atoms with Crippen LogP contribution in [0.4, 0.5) is 11.4 Å². The number of nitrogens with one attached hydrogen (secondary N) is 2. The molecule has 4 aromatic rings. The second kappa shape index (κ2) is 7.77. The van der Waals surface area contributed by atoms with Gasteiger partial charge in [-0.2, -0.15) is 0 Å². The predicted molar refractivity (Wildman–Crippen MR) is 105 cm³/mol. The number of hydrogen-bond acceptors (Lipinski definition) is 6. The number of rotatable bonds is 5. The highest BCUT2D eigenvalue weighted by Crippen LogP contribution is 2.20. The van der Waals surface area contributed by atoms with E-state index in [9.17, 15) is 9.59 Å². The van der Waals surface area contributed by atoms with Crippen molar-refractivity contribution in [2.75, 3.05) is 10.6 Å². The molecule has 2 N–H and O–H groups in total. The molecule has 2 amide bonds. The number of amides is 2. The summed E-state index contributed by atoms with van der Waals surface area (Å²) < 4.78 is 6.60. The third kappa shape index (κ3) is 4.03. The van der Waals surface area contributed by atoms with E-state index in [0.29, 0.717) is 22.8 Å². The van der Waals surface area contributed by atoms with Crippen molar-refractivity contribution >= 4 is 23.2 Å². The standard InChI is InChI=1S/C20H16N6O3/c1-26-18(23-24-25-26)14-4-2-5-16(12-14)22-19(27)13-7-9-15(10-8-13)21-20(28)17-6-3-11-29-17/h2-12H,1H3,(H,21,28)(H,22,27). The van der Waals surface area contributed by atoms with Crippen molar-refractivity contribution in [3.63, 3.8) is 0 Å². The van der Waals surface area contributed by atoms with E-state index >= 15 is 0 Å². The zero-order valence-corrected chi connectivity index (χ0v) is 15.4. The zero-order chi connectivity index (χ0) is 20.2. The Labute approximate surface area is 165 Å². The van der Waals surface area contributed by atoms with Crippen LogP contribution in [0.5, 0.6) is 0 Å². The molecule has 0 radical (unpaired) electrons. The second-order valence-corrected chi connectivity index (χ2v) is 6.17. The van der Waals surface area contributed by atoms with E-state index in [1.807, 2.05) is 12.1 Å². The fourth-order valence-electron chi connectivity index (χ4n) is 2.72. The number of aryl methyl sites for hydroxylation is 1. The molecular formula is C20H16N6O3. The van der Waals surface area contributed by atoms with Crippen LogP contribution in [0, 0.1) is 0 Å². The smallest absolute Gasteiger partial charge is 0.291 e. The summed E-state index contributed by atoms with van der Waals surface area (Å²) in [6.45, 7) is 0. The lowest BCUT2D eigenvalue weighted by Gasteiger charge is -2.08. The van der Waals surface area contributed by atoms with Crippen molar-refractivity contribution in [2.45, 2.75) is 0 Å². The van der Waals surface area contributed by atoms with Gasteiger partial charge in [-0.1, -0.05) is 12.1 Å². The average Bonchev–Trinajstić information content (AvgIpc) is 3.40. The van der Waals surface area contributed by atoms with Crippen LogP contribution >= 0.6 is 0 Å².